The van der Waals surface area contributed by atoms with Crippen LogP contribution in [0.4, 0.5) is 0 Å². The van der Waals surface area contributed by atoms with Gasteiger partial charge in [0, 0.05) is 23.4 Å². The molecule has 5 atom stereocenters. The van der Waals surface area contributed by atoms with Crippen molar-refractivity contribution in [2.75, 3.05) is 0 Å². The lowest BCUT2D eigenvalue weighted by Crippen LogP contribution is -2.39. The van der Waals surface area contributed by atoms with Crippen LogP contribution >= 0.6 is 0 Å². The Morgan fingerprint density at radius 2 is 2.03 bits per heavy atom. The molecule has 0 spiro atoms. The highest BCUT2D eigenvalue weighted by molar-refractivity contribution is 7.90. The van der Waals surface area contributed by atoms with E-state index in [-0.39, 0.29) is 23.1 Å². The van der Waals surface area contributed by atoms with Gasteiger partial charge in [-0.15, -0.1) is 0 Å². The fourth-order valence-corrected chi connectivity index (χ4v) is 7.36. The number of hydrogen-bond donors (Lipinski definition) is 1. The van der Waals surface area contributed by atoms with Crippen LogP contribution in [0.5, 0.6) is 0 Å². The van der Waals surface area contributed by atoms with E-state index < -0.39 is 10.0 Å². The van der Waals surface area contributed by atoms with Crippen LogP contribution < -0.4 is 4.72 Å². The maximum atomic E-state index is 12.5. The van der Waals surface area contributed by atoms with Crippen LogP contribution in [0.2, 0.25) is 0 Å². The maximum Gasteiger partial charge on any atom is 0.215 e. The van der Waals surface area contributed by atoms with Crippen molar-refractivity contribution in [2.24, 2.45) is 17.8 Å². The van der Waals surface area contributed by atoms with Gasteiger partial charge in [-0.05, 0) is 55.7 Å². The first-order valence-corrected chi connectivity index (χ1v) is 12.1. The summed E-state index contributed by atoms with van der Waals surface area (Å²) in [6.45, 7) is 4.17. The summed E-state index contributed by atoms with van der Waals surface area (Å²) in [6.07, 6.45) is 8.72. The highest BCUT2D eigenvalue weighted by Crippen LogP contribution is 2.45. The van der Waals surface area contributed by atoms with Crippen molar-refractivity contribution in [3.05, 3.63) is 59.9 Å². The molecule has 5 nitrogen and oxygen atoms in total. The molecule has 2 aliphatic rings. The molecule has 1 aliphatic heterocycles. The van der Waals surface area contributed by atoms with Gasteiger partial charge in [0.25, 0.3) is 0 Å². The van der Waals surface area contributed by atoms with Crippen molar-refractivity contribution in [1.82, 2.24) is 9.71 Å². The van der Waals surface area contributed by atoms with Crippen LogP contribution in [0.3, 0.4) is 0 Å². The molecule has 2 aromatic rings. The minimum atomic E-state index is -3.21. The number of nitriles is 1. The van der Waals surface area contributed by atoms with E-state index in [9.17, 15) is 13.7 Å². The van der Waals surface area contributed by atoms with E-state index in [1.807, 2.05) is 43.3 Å². The second-order valence-corrected chi connectivity index (χ2v) is 10.3. The second kappa shape index (κ2) is 8.33. The molecule has 2 fully saturated rings. The first-order chi connectivity index (χ1) is 14.4. The van der Waals surface area contributed by atoms with Gasteiger partial charge < -0.3 is 0 Å². The van der Waals surface area contributed by atoms with Crippen LogP contribution in [0.25, 0.3) is 17.2 Å². The lowest BCUT2D eigenvalue weighted by atomic mass is 9.68. The Bertz CT molecular complexity index is 1090. The summed E-state index contributed by atoms with van der Waals surface area (Å²) in [5.41, 5.74) is 3.26. The summed E-state index contributed by atoms with van der Waals surface area (Å²) in [4.78, 5) is 4.57. The summed E-state index contributed by atoms with van der Waals surface area (Å²) in [6, 6.07) is 13.6. The third-order valence-electron chi connectivity index (χ3n) is 6.72. The Morgan fingerprint density at radius 3 is 2.73 bits per heavy atom. The van der Waals surface area contributed by atoms with Crippen LogP contribution in [-0.4, -0.2) is 24.7 Å². The van der Waals surface area contributed by atoms with Gasteiger partial charge in [0.2, 0.25) is 10.0 Å². The predicted octanol–water partition coefficient (Wildman–Crippen LogP) is 4.38. The first-order valence-electron chi connectivity index (χ1n) is 10.6. The summed E-state index contributed by atoms with van der Waals surface area (Å²) in [5.74, 6) is 0.808. The maximum absolute atomic E-state index is 12.5. The average Bonchev–Trinajstić information content (AvgIpc) is 3.00. The zero-order chi connectivity index (χ0) is 21.3. The molecule has 1 aliphatic carbocycles. The van der Waals surface area contributed by atoms with Gasteiger partial charge in [-0.25, -0.2) is 13.1 Å². The molecule has 1 aromatic carbocycles. The van der Waals surface area contributed by atoms with Crippen LogP contribution in [-0.2, 0) is 10.0 Å². The fourth-order valence-electron chi connectivity index (χ4n) is 5.23. The minimum absolute atomic E-state index is 0.0400. The van der Waals surface area contributed by atoms with Gasteiger partial charge in [-0.3, -0.25) is 4.98 Å². The largest absolute Gasteiger partial charge is 0.256 e. The SMILES string of the molecule is CC[C@@H]1CC[C@@H]2[C@H]([C@H]1/C=C/c1ccc(-c3ccccc3C#N)cn1)[C@@H](C)NS2(=O)=O. The molecule has 1 saturated heterocycles. The molecule has 156 valence electrons. The number of allylic oxidation sites excluding steroid dienone is 1. The number of hydrogen-bond acceptors (Lipinski definition) is 4. The molecule has 0 unspecified atom stereocenters. The molecule has 4 rings (SSSR count). The van der Waals surface area contributed by atoms with Gasteiger partial charge in [0.15, 0.2) is 0 Å². The van der Waals surface area contributed by atoms with Crippen LogP contribution in [0, 0.1) is 29.1 Å². The number of rotatable bonds is 4. The van der Waals surface area contributed by atoms with Crippen molar-refractivity contribution in [3.63, 3.8) is 0 Å². The average molecular weight is 422 g/mol. The zero-order valence-electron chi connectivity index (χ0n) is 17.3. The molecule has 0 amide bonds. The number of aromatic nitrogens is 1. The van der Waals surface area contributed by atoms with E-state index in [4.69, 9.17) is 0 Å². The monoisotopic (exact) mass is 421 g/mol. The van der Waals surface area contributed by atoms with Crippen molar-refractivity contribution in [1.29, 1.82) is 5.26 Å². The first kappa shape index (κ1) is 20.8. The summed E-state index contributed by atoms with van der Waals surface area (Å²) < 4.78 is 27.8. The Labute approximate surface area is 178 Å². The third-order valence-corrected chi connectivity index (χ3v) is 8.77. The number of pyridine rings is 1. The molecule has 0 radical (unpaired) electrons. The lowest BCUT2D eigenvalue weighted by molar-refractivity contribution is 0.182. The van der Waals surface area contributed by atoms with E-state index in [0.717, 1.165) is 36.1 Å². The van der Waals surface area contributed by atoms with E-state index in [1.165, 1.54) is 0 Å². The molecular weight excluding hydrogens is 394 g/mol. The molecule has 2 heterocycles. The second-order valence-electron chi connectivity index (χ2n) is 8.38. The number of benzene rings is 1. The molecule has 30 heavy (non-hydrogen) atoms. The van der Waals surface area contributed by atoms with E-state index in [1.54, 1.807) is 12.3 Å². The predicted molar refractivity (Wildman–Crippen MR) is 119 cm³/mol. The molecule has 1 aromatic heterocycles. The van der Waals surface area contributed by atoms with E-state index >= 15 is 0 Å². The summed E-state index contributed by atoms with van der Waals surface area (Å²) >= 11 is 0. The molecule has 1 N–H and O–H groups in total. The van der Waals surface area contributed by atoms with Gasteiger partial charge in [0.05, 0.1) is 22.6 Å². The third kappa shape index (κ3) is 3.80. The number of nitrogens with one attached hydrogen (secondary N) is 1. The zero-order valence-corrected chi connectivity index (χ0v) is 18.1. The Kier molecular flexibility index (Phi) is 5.77. The molecular formula is C24H27N3O2S. The topological polar surface area (TPSA) is 82.8 Å². The van der Waals surface area contributed by atoms with Crippen molar-refractivity contribution in [2.45, 2.75) is 44.4 Å². The Balaban J connectivity index is 1.58. The summed E-state index contributed by atoms with van der Waals surface area (Å²) in [5, 5.41) is 9.03. The normalized spacial score (nSPS) is 30.1. The van der Waals surface area contributed by atoms with Crippen molar-refractivity contribution in [3.8, 4) is 17.2 Å². The van der Waals surface area contributed by atoms with Crippen molar-refractivity contribution >= 4 is 16.1 Å². The molecule has 0 bridgehead atoms. The lowest BCUT2D eigenvalue weighted by Gasteiger charge is -2.38. The highest BCUT2D eigenvalue weighted by atomic mass is 32.2. The molecule has 1 saturated carbocycles. The van der Waals surface area contributed by atoms with E-state index in [0.29, 0.717) is 11.5 Å². The number of sulfonamides is 1. The number of fused-ring (bicyclic) bond motifs is 1. The smallest absolute Gasteiger partial charge is 0.215 e. The minimum Gasteiger partial charge on any atom is -0.256 e. The highest BCUT2D eigenvalue weighted by Gasteiger charge is 2.51. The van der Waals surface area contributed by atoms with Gasteiger partial charge in [0.1, 0.15) is 0 Å². The molecule has 6 heteroatoms. The summed E-state index contributed by atoms with van der Waals surface area (Å²) in [7, 11) is -3.21. The van der Waals surface area contributed by atoms with Crippen molar-refractivity contribution < 1.29 is 8.42 Å². The standard InChI is InChI=1S/C24H27N3O2S/c1-3-17-9-13-23-24(16(2)27-30(23,28)29)22(17)12-11-20-10-8-19(15-26-20)21-7-5-4-6-18(21)14-25/h4-8,10-12,15-17,22-24,27H,3,9,13H2,1-2H3/b12-11+/t16-,17-,22+,23-,24+/m1/s1. The Morgan fingerprint density at radius 1 is 1.23 bits per heavy atom. The van der Waals surface area contributed by atoms with Crippen LogP contribution in [0.1, 0.15) is 44.4 Å². The Hall–Kier alpha value is -2.49. The fraction of sp³-hybridized carbons (Fsp3) is 0.417. The van der Waals surface area contributed by atoms with E-state index in [2.05, 4.69) is 28.8 Å². The van der Waals surface area contributed by atoms with Gasteiger partial charge in [-0.2, -0.15) is 5.26 Å². The van der Waals surface area contributed by atoms with Gasteiger partial charge in [-0.1, -0.05) is 43.7 Å². The number of nitrogens with zero attached hydrogens (tertiary/aromatic N) is 2. The van der Waals surface area contributed by atoms with Crippen LogP contribution in [0.15, 0.2) is 48.7 Å². The quantitative estimate of drug-likeness (QED) is 0.794. The van der Waals surface area contributed by atoms with Gasteiger partial charge >= 0.3 is 0 Å².